The highest BCUT2D eigenvalue weighted by molar-refractivity contribution is 5.95. The molecule has 1 heterocycles. The van der Waals surface area contributed by atoms with E-state index < -0.39 is 5.60 Å². The Bertz CT molecular complexity index is 697. The largest absolute Gasteiger partial charge is 0.489 e. The molecule has 1 aromatic rings. The Kier molecular flexibility index (Phi) is 6.23. The summed E-state index contributed by atoms with van der Waals surface area (Å²) < 4.78 is 11.1. The van der Waals surface area contributed by atoms with Crippen LogP contribution in [-0.4, -0.2) is 59.2 Å². The van der Waals surface area contributed by atoms with Crippen LogP contribution in [-0.2, 0) is 4.74 Å². The second kappa shape index (κ2) is 8.06. The predicted octanol–water partition coefficient (Wildman–Crippen LogP) is 3.14. The smallest absolute Gasteiger partial charge is 0.410 e. The molecule has 1 aliphatic rings. The topological polar surface area (TPSA) is 85.1 Å². The number of anilines is 1. The van der Waals surface area contributed by atoms with Crippen LogP contribution in [0.5, 0.6) is 5.75 Å². The number of nitrogens with zero attached hydrogens (tertiary/aromatic N) is 2. The van der Waals surface area contributed by atoms with Crippen LogP contribution >= 0.6 is 0 Å². The summed E-state index contributed by atoms with van der Waals surface area (Å²) in [6.45, 7) is 12.6. The molecule has 0 spiro atoms. The van der Waals surface area contributed by atoms with Gasteiger partial charge in [-0.3, -0.25) is 4.79 Å². The van der Waals surface area contributed by atoms with E-state index in [0.29, 0.717) is 36.6 Å². The van der Waals surface area contributed by atoms with Gasteiger partial charge in [0.15, 0.2) is 0 Å². The molecule has 7 nitrogen and oxygen atoms in total. The zero-order valence-electron chi connectivity index (χ0n) is 17.1. The highest BCUT2D eigenvalue weighted by atomic mass is 16.6. The number of hydrogen-bond donors (Lipinski definition) is 1. The van der Waals surface area contributed by atoms with Crippen molar-refractivity contribution in [3.63, 3.8) is 0 Å². The van der Waals surface area contributed by atoms with E-state index >= 15 is 0 Å². The molecule has 2 rings (SSSR count). The summed E-state index contributed by atoms with van der Waals surface area (Å²) in [6, 6.07) is 4.97. The zero-order valence-corrected chi connectivity index (χ0v) is 17.1. The maximum Gasteiger partial charge on any atom is 0.410 e. The summed E-state index contributed by atoms with van der Waals surface area (Å²) in [4.78, 5) is 28.6. The van der Waals surface area contributed by atoms with Crippen molar-refractivity contribution >= 4 is 17.7 Å². The van der Waals surface area contributed by atoms with Crippen molar-refractivity contribution in [2.45, 2.75) is 59.3 Å². The number of carbonyl (C=O) groups is 2. The molecule has 0 radical (unpaired) electrons. The minimum Gasteiger partial charge on any atom is -0.489 e. The summed E-state index contributed by atoms with van der Waals surface area (Å²) in [5, 5.41) is 0. The Hall–Kier alpha value is -2.44. The first-order valence-electron chi connectivity index (χ1n) is 9.33. The fourth-order valence-corrected chi connectivity index (χ4v) is 2.96. The average molecular weight is 377 g/mol. The molecule has 7 heteroatoms. The van der Waals surface area contributed by atoms with Crippen LogP contribution in [0.2, 0.25) is 0 Å². The number of carbonyl (C=O) groups excluding carboxylic acids is 2. The molecule has 1 atom stereocenters. The van der Waals surface area contributed by atoms with Gasteiger partial charge in [-0.1, -0.05) is 0 Å². The Balaban J connectivity index is 2.03. The van der Waals surface area contributed by atoms with Crippen molar-refractivity contribution in [1.29, 1.82) is 0 Å². The van der Waals surface area contributed by atoms with E-state index in [2.05, 4.69) is 0 Å². The summed E-state index contributed by atoms with van der Waals surface area (Å²) in [6.07, 6.45) is -0.336. The van der Waals surface area contributed by atoms with Crippen LogP contribution in [0.4, 0.5) is 10.5 Å². The van der Waals surface area contributed by atoms with Crippen LogP contribution in [0.3, 0.4) is 0 Å². The first kappa shape index (κ1) is 20.9. The third kappa shape index (κ3) is 5.52. The normalized spacial score (nSPS) is 17.8. The number of piperazine rings is 1. The van der Waals surface area contributed by atoms with E-state index in [9.17, 15) is 9.59 Å². The lowest BCUT2D eigenvalue weighted by Crippen LogP contribution is -2.56. The van der Waals surface area contributed by atoms with Crippen LogP contribution in [0, 0.1) is 0 Å². The van der Waals surface area contributed by atoms with Gasteiger partial charge in [-0.05, 0) is 59.7 Å². The molecule has 0 unspecified atom stereocenters. The Morgan fingerprint density at radius 3 is 2.41 bits per heavy atom. The minimum atomic E-state index is -0.541. The minimum absolute atomic E-state index is 0.00985. The van der Waals surface area contributed by atoms with E-state index in [4.69, 9.17) is 15.2 Å². The van der Waals surface area contributed by atoms with Gasteiger partial charge in [0, 0.05) is 31.2 Å². The second-order valence-corrected chi connectivity index (χ2v) is 8.19. The maximum absolute atomic E-state index is 12.8. The third-order valence-corrected chi connectivity index (χ3v) is 4.16. The molecule has 1 aliphatic heterocycles. The van der Waals surface area contributed by atoms with Crippen LogP contribution in [0.1, 0.15) is 51.9 Å². The molecule has 0 aliphatic carbocycles. The highest BCUT2D eigenvalue weighted by Crippen LogP contribution is 2.25. The van der Waals surface area contributed by atoms with Crippen molar-refractivity contribution in [2.75, 3.05) is 25.4 Å². The lowest BCUT2D eigenvalue weighted by atomic mass is 10.1. The van der Waals surface area contributed by atoms with E-state index in [1.54, 1.807) is 28.0 Å². The third-order valence-electron chi connectivity index (χ3n) is 4.16. The first-order valence-corrected chi connectivity index (χ1v) is 9.33. The number of ether oxygens (including phenoxy) is 2. The molecule has 1 fully saturated rings. The fraction of sp³-hybridized carbons (Fsp3) is 0.600. The summed E-state index contributed by atoms with van der Waals surface area (Å²) in [5.74, 6) is 0.471. The van der Waals surface area contributed by atoms with Crippen LogP contribution < -0.4 is 10.5 Å². The van der Waals surface area contributed by atoms with Gasteiger partial charge in [0.2, 0.25) is 0 Å². The number of rotatable bonds is 3. The molecule has 2 amide bonds. The molecule has 0 aromatic heterocycles. The number of hydrogen-bond acceptors (Lipinski definition) is 5. The fourth-order valence-electron chi connectivity index (χ4n) is 2.96. The predicted molar refractivity (Wildman–Crippen MR) is 105 cm³/mol. The van der Waals surface area contributed by atoms with Crippen molar-refractivity contribution in [2.24, 2.45) is 0 Å². The van der Waals surface area contributed by atoms with Crippen LogP contribution in [0.25, 0.3) is 0 Å². The lowest BCUT2D eigenvalue weighted by Gasteiger charge is -2.40. The van der Waals surface area contributed by atoms with Gasteiger partial charge in [0.05, 0.1) is 11.8 Å². The SMILES string of the molecule is CC(C)Oc1ccc(C(=O)N2CCN(C(=O)OC(C)(C)C)[C@H](C)C2)cc1N. The monoisotopic (exact) mass is 377 g/mol. The summed E-state index contributed by atoms with van der Waals surface area (Å²) in [7, 11) is 0. The molecule has 0 bridgehead atoms. The van der Waals surface area contributed by atoms with E-state index in [-0.39, 0.29) is 24.1 Å². The Labute approximate surface area is 161 Å². The van der Waals surface area contributed by atoms with E-state index in [1.165, 1.54) is 0 Å². The van der Waals surface area contributed by atoms with E-state index in [0.717, 1.165) is 0 Å². The summed E-state index contributed by atoms with van der Waals surface area (Å²) >= 11 is 0. The van der Waals surface area contributed by atoms with E-state index in [1.807, 2.05) is 41.5 Å². The molecule has 1 saturated heterocycles. The van der Waals surface area contributed by atoms with Gasteiger partial charge in [-0.25, -0.2) is 4.79 Å². The van der Waals surface area contributed by atoms with Gasteiger partial charge >= 0.3 is 6.09 Å². The molecular weight excluding hydrogens is 346 g/mol. The average Bonchev–Trinajstić information content (AvgIpc) is 2.53. The molecule has 27 heavy (non-hydrogen) atoms. The Morgan fingerprint density at radius 2 is 1.89 bits per heavy atom. The van der Waals surface area contributed by atoms with Crippen molar-refractivity contribution < 1.29 is 19.1 Å². The van der Waals surface area contributed by atoms with Crippen molar-refractivity contribution in [3.05, 3.63) is 23.8 Å². The van der Waals surface area contributed by atoms with Gasteiger partial charge in [-0.2, -0.15) is 0 Å². The number of nitrogen functional groups attached to an aromatic ring is 1. The summed E-state index contributed by atoms with van der Waals surface area (Å²) in [5.41, 5.74) is 6.43. The highest BCUT2D eigenvalue weighted by Gasteiger charge is 2.32. The van der Waals surface area contributed by atoms with Gasteiger partial charge < -0.3 is 25.0 Å². The zero-order chi connectivity index (χ0) is 20.4. The number of benzene rings is 1. The number of nitrogens with two attached hydrogens (primary N) is 1. The first-order chi connectivity index (χ1) is 12.5. The quantitative estimate of drug-likeness (QED) is 0.818. The molecule has 2 N–H and O–H groups in total. The van der Waals surface area contributed by atoms with Crippen molar-refractivity contribution in [3.8, 4) is 5.75 Å². The van der Waals surface area contributed by atoms with Gasteiger partial charge in [-0.15, -0.1) is 0 Å². The standard InChI is InChI=1S/C20H31N3O4/c1-13(2)26-17-8-7-15(11-16(17)21)18(24)22-9-10-23(14(3)12-22)19(25)27-20(4,5)6/h7-8,11,13-14H,9-10,12,21H2,1-6H3/t14-/m1/s1. The van der Waals surface area contributed by atoms with Gasteiger partial charge in [0.1, 0.15) is 11.4 Å². The maximum atomic E-state index is 12.8. The Morgan fingerprint density at radius 1 is 1.22 bits per heavy atom. The molecule has 0 saturated carbocycles. The van der Waals surface area contributed by atoms with Gasteiger partial charge in [0.25, 0.3) is 5.91 Å². The molecular formula is C20H31N3O4. The molecule has 150 valence electrons. The lowest BCUT2D eigenvalue weighted by molar-refractivity contribution is 0.00198. The van der Waals surface area contributed by atoms with Crippen LogP contribution in [0.15, 0.2) is 18.2 Å². The second-order valence-electron chi connectivity index (χ2n) is 8.19. The number of amides is 2. The molecule has 1 aromatic carbocycles. The van der Waals surface area contributed by atoms with Crippen molar-refractivity contribution in [1.82, 2.24) is 9.80 Å².